The molecule has 23 heavy (non-hydrogen) atoms. The molecule has 0 radical (unpaired) electrons. The van der Waals surface area contributed by atoms with Crippen molar-refractivity contribution in [1.82, 2.24) is 24.3 Å². The number of aliphatic carboxylic acids is 1. The zero-order chi connectivity index (χ0) is 17.4. The van der Waals surface area contributed by atoms with Gasteiger partial charge in [0.05, 0.1) is 12.4 Å². The normalized spacial score (nSPS) is 13.2. The highest BCUT2D eigenvalue weighted by Gasteiger charge is 2.29. The lowest BCUT2D eigenvalue weighted by Crippen LogP contribution is -2.43. The van der Waals surface area contributed by atoms with Gasteiger partial charge in [-0.3, -0.25) is 14.2 Å². The average Bonchev–Trinajstić information content (AvgIpc) is 2.94. The second-order valence-corrected chi connectivity index (χ2v) is 6.98. The van der Waals surface area contributed by atoms with E-state index in [4.69, 9.17) is 0 Å². The summed E-state index contributed by atoms with van der Waals surface area (Å²) in [5.74, 6) is -1.25. The molecule has 1 atom stereocenters. The van der Waals surface area contributed by atoms with Crippen molar-refractivity contribution in [2.45, 2.75) is 31.3 Å². The molecular formula is C13H19N5O4S. The zero-order valence-corrected chi connectivity index (χ0v) is 14.1. The van der Waals surface area contributed by atoms with Crippen LogP contribution in [-0.4, -0.2) is 45.1 Å². The number of carboxylic acids is 1. The van der Waals surface area contributed by atoms with Crippen molar-refractivity contribution in [2.75, 3.05) is 0 Å². The van der Waals surface area contributed by atoms with Gasteiger partial charge in [-0.2, -0.15) is 14.9 Å². The summed E-state index contributed by atoms with van der Waals surface area (Å²) in [4.78, 5) is 11.5. The molecule has 2 N–H and O–H groups in total. The largest absolute Gasteiger partial charge is 0.480 e. The molecule has 0 spiro atoms. The highest BCUT2D eigenvalue weighted by Crippen LogP contribution is 2.15. The van der Waals surface area contributed by atoms with E-state index < -0.39 is 22.0 Å². The van der Waals surface area contributed by atoms with Gasteiger partial charge in [-0.15, -0.1) is 0 Å². The maximum atomic E-state index is 12.5. The van der Waals surface area contributed by atoms with Crippen LogP contribution in [0.3, 0.4) is 0 Å². The van der Waals surface area contributed by atoms with Crippen LogP contribution in [0.15, 0.2) is 17.4 Å². The fourth-order valence-electron chi connectivity index (χ4n) is 2.31. The van der Waals surface area contributed by atoms with Gasteiger partial charge in [0.2, 0.25) is 0 Å². The number of hydrogen-bond acceptors (Lipinski definition) is 5. The number of carboxylic acid groups (broad SMARTS) is 1. The number of rotatable bonds is 6. The lowest BCUT2D eigenvalue weighted by Gasteiger charge is -2.15. The standard InChI is InChI=1S/C13H19N5O4S/c1-8-6-14-18(4)12(8)23(21,22)16-11(13(19)20)5-10-7-15-17(3)9(10)2/h6-7,11,16H,5H2,1-4H3,(H,19,20). The van der Waals surface area contributed by atoms with Gasteiger partial charge in [0, 0.05) is 31.8 Å². The number of carbonyl (C=O) groups is 1. The van der Waals surface area contributed by atoms with E-state index in [1.54, 1.807) is 25.6 Å². The van der Waals surface area contributed by atoms with Crippen LogP contribution in [0, 0.1) is 13.8 Å². The summed E-state index contributed by atoms with van der Waals surface area (Å²) in [5, 5.41) is 17.2. The Kier molecular flexibility index (Phi) is 4.57. The summed E-state index contributed by atoms with van der Waals surface area (Å²) in [6.45, 7) is 3.39. The fourth-order valence-corrected chi connectivity index (χ4v) is 3.85. The first-order chi connectivity index (χ1) is 10.6. The van der Waals surface area contributed by atoms with Crippen molar-refractivity contribution in [2.24, 2.45) is 14.1 Å². The van der Waals surface area contributed by atoms with Crippen molar-refractivity contribution < 1.29 is 18.3 Å². The number of sulfonamides is 1. The molecular weight excluding hydrogens is 322 g/mol. The van der Waals surface area contributed by atoms with E-state index in [0.29, 0.717) is 11.1 Å². The quantitative estimate of drug-likeness (QED) is 0.747. The van der Waals surface area contributed by atoms with E-state index in [-0.39, 0.29) is 11.4 Å². The Morgan fingerprint density at radius 1 is 1.26 bits per heavy atom. The molecule has 1 unspecified atom stereocenters. The average molecular weight is 341 g/mol. The van der Waals surface area contributed by atoms with Crippen LogP contribution in [0.4, 0.5) is 0 Å². The minimum atomic E-state index is -4.01. The molecule has 2 aromatic heterocycles. The molecule has 0 aliphatic heterocycles. The first-order valence-electron chi connectivity index (χ1n) is 6.84. The van der Waals surface area contributed by atoms with E-state index in [1.807, 2.05) is 0 Å². The molecule has 0 amide bonds. The SMILES string of the molecule is Cc1cnn(C)c1S(=O)(=O)NC(Cc1cnn(C)c1C)C(=O)O. The fraction of sp³-hybridized carbons (Fsp3) is 0.462. The Bertz CT molecular complexity index is 817. The smallest absolute Gasteiger partial charge is 0.322 e. The van der Waals surface area contributed by atoms with E-state index >= 15 is 0 Å². The molecule has 0 saturated heterocycles. The van der Waals surface area contributed by atoms with Crippen molar-refractivity contribution in [3.8, 4) is 0 Å². The second-order valence-electron chi connectivity index (χ2n) is 5.35. The molecule has 0 aliphatic carbocycles. The van der Waals surface area contributed by atoms with E-state index in [1.165, 1.54) is 24.1 Å². The number of nitrogens with one attached hydrogen (secondary N) is 1. The zero-order valence-electron chi connectivity index (χ0n) is 13.3. The Balaban J connectivity index is 2.30. The van der Waals surface area contributed by atoms with Crippen LogP contribution in [-0.2, 0) is 35.3 Å². The van der Waals surface area contributed by atoms with Crippen molar-refractivity contribution >= 4 is 16.0 Å². The molecule has 0 bridgehead atoms. The molecule has 10 heteroatoms. The van der Waals surface area contributed by atoms with Crippen LogP contribution in [0.2, 0.25) is 0 Å². The highest BCUT2D eigenvalue weighted by molar-refractivity contribution is 7.89. The monoisotopic (exact) mass is 341 g/mol. The van der Waals surface area contributed by atoms with Crippen LogP contribution in [0.25, 0.3) is 0 Å². The molecule has 2 aromatic rings. The molecule has 0 saturated carbocycles. The van der Waals surface area contributed by atoms with Gasteiger partial charge in [0.15, 0.2) is 5.03 Å². The third-order valence-electron chi connectivity index (χ3n) is 3.67. The van der Waals surface area contributed by atoms with E-state index in [9.17, 15) is 18.3 Å². The summed E-state index contributed by atoms with van der Waals surface area (Å²) in [5.41, 5.74) is 1.90. The summed E-state index contributed by atoms with van der Waals surface area (Å²) < 4.78 is 30.0. The first kappa shape index (κ1) is 17.2. The van der Waals surface area contributed by atoms with Gasteiger partial charge in [-0.25, -0.2) is 8.42 Å². The maximum absolute atomic E-state index is 12.5. The van der Waals surface area contributed by atoms with Gasteiger partial charge in [0.25, 0.3) is 10.0 Å². The van der Waals surface area contributed by atoms with Crippen LogP contribution >= 0.6 is 0 Å². The van der Waals surface area contributed by atoms with Crippen molar-refractivity contribution in [3.63, 3.8) is 0 Å². The van der Waals surface area contributed by atoms with Gasteiger partial charge in [-0.1, -0.05) is 0 Å². The van der Waals surface area contributed by atoms with E-state index in [0.717, 1.165) is 5.69 Å². The molecule has 0 aliphatic rings. The topological polar surface area (TPSA) is 119 Å². The third-order valence-corrected chi connectivity index (χ3v) is 5.36. The molecule has 9 nitrogen and oxygen atoms in total. The second kappa shape index (κ2) is 6.13. The van der Waals surface area contributed by atoms with Gasteiger partial charge < -0.3 is 5.11 Å². The maximum Gasteiger partial charge on any atom is 0.322 e. The van der Waals surface area contributed by atoms with Gasteiger partial charge in [-0.05, 0) is 19.4 Å². The third kappa shape index (κ3) is 3.42. The molecule has 2 rings (SSSR count). The lowest BCUT2D eigenvalue weighted by atomic mass is 10.1. The number of aryl methyl sites for hydroxylation is 3. The highest BCUT2D eigenvalue weighted by atomic mass is 32.2. The predicted molar refractivity (Wildman–Crippen MR) is 81.3 cm³/mol. The number of aromatic nitrogens is 4. The minimum absolute atomic E-state index is 0.00509. The van der Waals surface area contributed by atoms with Gasteiger partial charge >= 0.3 is 5.97 Å². The van der Waals surface area contributed by atoms with Crippen LogP contribution < -0.4 is 4.72 Å². The molecule has 0 aromatic carbocycles. The van der Waals surface area contributed by atoms with Crippen molar-refractivity contribution in [1.29, 1.82) is 0 Å². The Labute approximate surface area is 134 Å². The molecule has 2 heterocycles. The summed E-state index contributed by atoms with van der Waals surface area (Å²) in [6.07, 6.45) is 2.95. The minimum Gasteiger partial charge on any atom is -0.480 e. The van der Waals surface area contributed by atoms with Crippen LogP contribution in [0.1, 0.15) is 16.8 Å². The summed E-state index contributed by atoms with van der Waals surface area (Å²) >= 11 is 0. The molecule has 0 fully saturated rings. The number of nitrogens with zero attached hydrogens (tertiary/aromatic N) is 4. The Hall–Kier alpha value is -2.20. The lowest BCUT2D eigenvalue weighted by molar-refractivity contribution is -0.138. The Morgan fingerprint density at radius 2 is 1.87 bits per heavy atom. The first-order valence-corrected chi connectivity index (χ1v) is 8.33. The summed E-state index contributed by atoms with van der Waals surface area (Å²) in [7, 11) is -0.784. The van der Waals surface area contributed by atoms with Crippen molar-refractivity contribution in [3.05, 3.63) is 29.2 Å². The summed E-state index contributed by atoms with van der Waals surface area (Å²) in [6, 6.07) is -1.29. The van der Waals surface area contributed by atoms with Gasteiger partial charge in [0.1, 0.15) is 6.04 Å². The molecule has 126 valence electrons. The Morgan fingerprint density at radius 3 is 2.30 bits per heavy atom. The van der Waals surface area contributed by atoms with E-state index in [2.05, 4.69) is 14.9 Å². The number of hydrogen-bond donors (Lipinski definition) is 2. The van der Waals surface area contributed by atoms with Crippen LogP contribution in [0.5, 0.6) is 0 Å². The predicted octanol–water partition coefficient (Wildman–Crippen LogP) is -0.255.